The zero-order chi connectivity index (χ0) is 23.0. The molecule has 1 aromatic rings. The van der Waals surface area contributed by atoms with Gasteiger partial charge in [-0.15, -0.1) is 0 Å². The van der Waals surface area contributed by atoms with Crippen LogP contribution in [-0.4, -0.2) is 86.4 Å². The number of rotatable bonds is 11. The Labute approximate surface area is 184 Å². The largest absolute Gasteiger partial charge is 0.480 e. The van der Waals surface area contributed by atoms with Crippen LogP contribution in [0.1, 0.15) is 31.9 Å². The molecule has 6 N–H and O–H groups in total. The Kier molecular flexibility index (Phi) is 9.31. The average Bonchev–Trinajstić information content (AvgIpc) is 3.42. The van der Waals surface area contributed by atoms with Crippen molar-refractivity contribution in [2.75, 3.05) is 18.6 Å². The first kappa shape index (κ1) is 24.7. The first-order valence-corrected chi connectivity index (χ1v) is 11.5. The molecule has 0 aliphatic carbocycles. The van der Waals surface area contributed by atoms with Gasteiger partial charge in [-0.05, 0) is 38.2 Å². The molecule has 1 saturated heterocycles. The molecular formula is C19H30N6O5S. The minimum Gasteiger partial charge on any atom is -0.480 e. The Bertz CT molecular complexity index is 774. The second kappa shape index (κ2) is 11.7. The van der Waals surface area contributed by atoms with E-state index in [4.69, 9.17) is 10.8 Å². The molecule has 4 unspecified atom stereocenters. The summed E-state index contributed by atoms with van der Waals surface area (Å²) in [5, 5.41) is 14.1. The Morgan fingerprint density at radius 2 is 2.13 bits per heavy atom. The SMILES string of the molecule is CSCCC(N)C(=O)N1CCCC1C(=O)NC(Cc1cnc[nH]1)C(=O)NC(C)C(=O)O. The van der Waals surface area contributed by atoms with Crippen molar-refractivity contribution in [3.8, 4) is 0 Å². The van der Waals surface area contributed by atoms with Gasteiger partial charge in [-0.25, -0.2) is 4.98 Å². The number of carboxylic acids is 1. The monoisotopic (exact) mass is 454 g/mol. The van der Waals surface area contributed by atoms with Gasteiger partial charge in [0.25, 0.3) is 0 Å². The fourth-order valence-electron chi connectivity index (χ4n) is 3.35. The van der Waals surface area contributed by atoms with E-state index < -0.39 is 42.0 Å². The van der Waals surface area contributed by atoms with Gasteiger partial charge < -0.3 is 31.4 Å². The van der Waals surface area contributed by atoms with Gasteiger partial charge in [-0.1, -0.05) is 0 Å². The van der Waals surface area contributed by atoms with Crippen molar-refractivity contribution in [1.82, 2.24) is 25.5 Å². The molecule has 0 saturated carbocycles. The van der Waals surface area contributed by atoms with Crippen LogP contribution in [0.5, 0.6) is 0 Å². The fourth-order valence-corrected chi connectivity index (χ4v) is 3.84. The Morgan fingerprint density at radius 1 is 1.39 bits per heavy atom. The average molecular weight is 455 g/mol. The Balaban J connectivity index is 2.09. The number of carboxylic acid groups (broad SMARTS) is 1. The minimum atomic E-state index is -1.19. The van der Waals surface area contributed by atoms with E-state index in [9.17, 15) is 19.2 Å². The molecule has 11 nitrogen and oxygen atoms in total. The number of aromatic amines is 1. The summed E-state index contributed by atoms with van der Waals surface area (Å²) >= 11 is 1.59. The van der Waals surface area contributed by atoms with Crippen LogP contribution in [0.3, 0.4) is 0 Å². The van der Waals surface area contributed by atoms with Crippen LogP contribution in [0.2, 0.25) is 0 Å². The summed E-state index contributed by atoms with van der Waals surface area (Å²) in [5.74, 6) is -1.82. The number of nitrogens with zero attached hydrogens (tertiary/aromatic N) is 2. The van der Waals surface area contributed by atoms with Gasteiger partial charge in [0.2, 0.25) is 17.7 Å². The van der Waals surface area contributed by atoms with Crippen LogP contribution < -0.4 is 16.4 Å². The zero-order valence-electron chi connectivity index (χ0n) is 17.7. The van der Waals surface area contributed by atoms with E-state index in [2.05, 4.69) is 20.6 Å². The van der Waals surface area contributed by atoms with Crippen LogP contribution in [0.15, 0.2) is 12.5 Å². The molecule has 2 rings (SSSR count). The number of likely N-dealkylation sites (tertiary alicyclic amines) is 1. The predicted molar refractivity (Wildman–Crippen MR) is 115 cm³/mol. The van der Waals surface area contributed by atoms with E-state index >= 15 is 0 Å². The number of hydrogen-bond acceptors (Lipinski definition) is 7. The second-order valence-electron chi connectivity index (χ2n) is 7.49. The topological polar surface area (TPSA) is 171 Å². The van der Waals surface area contributed by atoms with Crippen molar-refractivity contribution in [3.05, 3.63) is 18.2 Å². The van der Waals surface area contributed by atoms with Crippen molar-refractivity contribution in [2.45, 2.75) is 56.8 Å². The molecule has 172 valence electrons. The number of hydrogen-bond donors (Lipinski definition) is 5. The van der Waals surface area contributed by atoms with E-state index in [-0.39, 0.29) is 12.3 Å². The molecule has 1 aliphatic rings. The highest BCUT2D eigenvalue weighted by atomic mass is 32.2. The summed E-state index contributed by atoms with van der Waals surface area (Å²) in [6.07, 6.45) is 6.63. The van der Waals surface area contributed by atoms with Gasteiger partial charge in [0.15, 0.2) is 0 Å². The number of amides is 3. The van der Waals surface area contributed by atoms with Crippen molar-refractivity contribution < 1.29 is 24.3 Å². The maximum Gasteiger partial charge on any atom is 0.325 e. The first-order chi connectivity index (χ1) is 14.7. The summed E-state index contributed by atoms with van der Waals surface area (Å²) in [7, 11) is 0. The lowest BCUT2D eigenvalue weighted by Crippen LogP contribution is -2.57. The summed E-state index contributed by atoms with van der Waals surface area (Å²) < 4.78 is 0. The van der Waals surface area contributed by atoms with Crippen molar-refractivity contribution in [3.63, 3.8) is 0 Å². The van der Waals surface area contributed by atoms with Gasteiger partial charge in [-0.2, -0.15) is 11.8 Å². The third kappa shape index (κ3) is 6.96. The maximum atomic E-state index is 13.0. The summed E-state index contributed by atoms with van der Waals surface area (Å²) in [5.41, 5.74) is 6.60. The summed E-state index contributed by atoms with van der Waals surface area (Å²) in [4.78, 5) is 57.7. The molecule has 1 aliphatic heterocycles. The highest BCUT2D eigenvalue weighted by Crippen LogP contribution is 2.19. The molecule has 3 amide bonds. The molecular weight excluding hydrogens is 424 g/mol. The minimum absolute atomic E-state index is 0.0951. The van der Waals surface area contributed by atoms with Crippen molar-refractivity contribution >= 4 is 35.5 Å². The first-order valence-electron chi connectivity index (χ1n) is 10.1. The summed E-state index contributed by atoms with van der Waals surface area (Å²) in [6, 6.07) is -3.55. The number of nitrogens with one attached hydrogen (secondary N) is 3. The number of imidazole rings is 1. The van der Waals surface area contributed by atoms with Gasteiger partial charge in [0.05, 0.1) is 12.4 Å². The molecule has 0 spiro atoms. The number of nitrogens with two attached hydrogens (primary N) is 1. The highest BCUT2D eigenvalue weighted by Gasteiger charge is 2.37. The molecule has 0 bridgehead atoms. The number of carbonyl (C=O) groups excluding carboxylic acids is 3. The van der Waals surface area contributed by atoms with Gasteiger partial charge in [-0.3, -0.25) is 19.2 Å². The third-order valence-electron chi connectivity index (χ3n) is 5.13. The molecule has 1 fully saturated rings. The highest BCUT2D eigenvalue weighted by molar-refractivity contribution is 7.98. The van der Waals surface area contributed by atoms with Crippen molar-refractivity contribution in [1.29, 1.82) is 0 Å². The number of carbonyl (C=O) groups is 4. The lowest BCUT2D eigenvalue weighted by Gasteiger charge is -2.28. The number of H-pyrrole nitrogens is 1. The quantitative estimate of drug-likeness (QED) is 0.286. The Morgan fingerprint density at radius 3 is 2.74 bits per heavy atom. The second-order valence-corrected chi connectivity index (χ2v) is 8.47. The van der Waals surface area contributed by atoms with Crippen LogP contribution >= 0.6 is 11.8 Å². The van der Waals surface area contributed by atoms with Gasteiger partial charge in [0.1, 0.15) is 18.1 Å². The maximum absolute atomic E-state index is 13.0. The Hall–Kier alpha value is -2.60. The molecule has 0 aromatic carbocycles. The molecule has 12 heteroatoms. The zero-order valence-corrected chi connectivity index (χ0v) is 18.5. The standard InChI is InChI=1S/C19H30N6O5S/c1-11(19(29)30)23-16(26)14(8-12-9-21-10-22-12)24-17(27)15-4-3-6-25(15)18(28)13(20)5-7-31-2/h9-11,13-15H,3-8,20H2,1-2H3,(H,21,22)(H,23,26)(H,24,27)(H,29,30). The van der Waals surface area contributed by atoms with E-state index in [1.165, 1.54) is 24.3 Å². The lowest BCUT2D eigenvalue weighted by atomic mass is 10.1. The molecule has 2 heterocycles. The summed E-state index contributed by atoms with van der Waals surface area (Å²) in [6.45, 7) is 1.76. The molecule has 4 atom stereocenters. The van der Waals surface area contributed by atoms with Crippen LogP contribution in [0.25, 0.3) is 0 Å². The van der Waals surface area contributed by atoms with Crippen LogP contribution in [0, 0.1) is 0 Å². The van der Waals surface area contributed by atoms with Crippen LogP contribution in [0.4, 0.5) is 0 Å². The van der Waals surface area contributed by atoms with Gasteiger partial charge >= 0.3 is 5.97 Å². The number of aromatic nitrogens is 2. The van der Waals surface area contributed by atoms with Gasteiger partial charge in [0, 0.05) is 24.9 Å². The van der Waals surface area contributed by atoms with E-state index in [1.54, 1.807) is 11.8 Å². The number of aliphatic carboxylic acids is 1. The van der Waals surface area contributed by atoms with E-state index in [0.29, 0.717) is 31.5 Å². The third-order valence-corrected chi connectivity index (χ3v) is 5.77. The van der Waals surface area contributed by atoms with E-state index in [1.807, 2.05) is 6.26 Å². The smallest absolute Gasteiger partial charge is 0.325 e. The number of thioether (sulfide) groups is 1. The molecule has 31 heavy (non-hydrogen) atoms. The van der Waals surface area contributed by atoms with Crippen LogP contribution in [-0.2, 0) is 25.6 Å². The fraction of sp³-hybridized carbons (Fsp3) is 0.632. The molecule has 0 radical (unpaired) electrons. The van der Waals surface area contributed by atoms with E-state index in [0.717, 1.165) is 5.75 Å². The molecule has 1 aromatic heterocycles. The van der Waals surface area contributed by atoms with Crippen molar-refractivity contribution in [2.24, 2.45) is 5.73 Å². The predicted octanol–water partition coefficient (Wildman–Crippen LogP) is -0.902. The lowest BCUT2D eigenvalue weighted by molar-refractivity contribution is -0.142. The normalized spacial score (nSPS) is 18.8.